The molecule has 0 bridgehead atoms. The molecule has 1 aromatic carbocycles. The molecule has 1 fully saturated rings. The van der Waals surface area contributed by atoms with E-state index in [4.69, 9.17) is 5.73 Å². The molecule has 2 N–H and O–H groups in total. The quantitative estimate of drug-likeness (QED) is 0.849. The first-order valence-electron chi connectivity index (χ1n) is 8.12. The molecule has 5 nitrogen and oxygen atoms in total. The molecule has 2 amide bonds. The molecule has 1 aromatic rings. The molecule has 22 heavy (non-hydrogen) atoms. The Morgan fingerprint density at radius 1 is 1.09 bits per heavy atom. The van der Waals surface area contributed by atoms with E-state index in [1.165, 1.54) is 0 Å². The molecule has 2 aliphatic rings. The van der Waals surface area contributed by atoms with Crippen LogP contribution in [0.3, 0.4) is 0 Å². The van der Waals surface area contributed by atoms with E-state index in [1.807, 2.05) is 18.2 Å². The zero-order valence-electron chi connectivity index (χ0n) is 12.9. The number of fused-ring (bicyclic) bond motifs is 1. The Morgan fingerprint density at radius 3 is 2.82 bits per heavy atom. The third-order valence-corrected chi connectivity index (χ3v) is 4.59. The monoisotopic (exact) mass is 301 g/mol. The van der Waals surface area contributed by atoms with E-state index in [0.29, 0.717) is 19.5 Å². The number of benzene rings is 1. The second-order valence-corrected chi connectivity index (χ2v) is 6.12. The van der Waals surface area contributed by atoms with E-state index in [0.717, 1.165) is 49.0 Å². The van der Waals surface area contributed by atoms with E-state index < -0.39 is 0 Å². The highest BCUT2D eigenvalue weighted by Gasteiger charge is 2.27. The molecule has 0 spiro atoms. The molecular weight excluding hydrogens is 278 g/mol. The fourth-order valence-corrected chi connectivity index (χ4v) is 3.37. The van der Waals surface area contributed by atoms with Crippen LogP contribution in [0.2, 0.25) is 0 Å². The van der Waals surface area contributed by atoms with Gasteiger partial charge in [-0.1, -0.05) is 12.5 Å². The first kappa shape index (κ1) is 14.9. The minimum Gasteiger partial charge on any atom is -0.398 e. The number of anilines is 2. The minimum atomic E-state index is 0.00167. The van der Waals surface area contributed by atoms with Crippen LogP contribution in [-0.4, -0.2) is 36.3 Å². The Bertz CT molecular complexity index is 585. The van der Waals surface area contributed by atoms with Crippen molar-refractivity contribution in [1.29, 1.82) is 0 Å². The molecule has 3 rings (SSSR count). The number of amides is 2. The summed E-state index contributed by atoms with van der Waals surface area (Å²) in [6, 6.07) is 5.72. The molecule has 0 aromatic heterocycles. The predicted molar refractivity (Wildman–Crippen MR) is 86.6 cm³/mol. The van der Waals surface area contributed by atoms with Crippen molar-refractivity contribution in [3.05, 3.63) is 23.8 Å². The lowest BCUT2D eigenvalue weighted by Crippen LogP contribution is -2.44. The largest absolute Gasteiger partial charge is 0.398 e. The van der Waals surface area contributed by atoms with Crippen molar-refractivity contribution in [2.24, 2.45) is 0 Å². The van der Waals surface area contributed by atoms with Crippen LogP contribution >= 0.6 is 0 Å². The summed E-state index contributed by atoms with van der Waals surface area (Å²) >= 11 is 0. The lowest BCUT2D eigenvalue weighted by atomic mass is 10.00. The topological polar surface area (TPSA) is 66.6 Å². The van der Waals surface area contributed by atoms with E-state index in [-0.39, 0.29) is 18.4 Å². The molecule has 2 aliphatic heterocycles. The Labute approximate surface area is 131 Å². The first-order chi connectivity index (χ1) is 10.7. The molecule has 0 aliphatic carbocycles. The highest BCUT2D eigenvalue weighted by atomic mass is 16.2. The molecule has 0 atom stereocenters. The summed E-state index contributed by atoms with van der Waals surface area (Å²) in [5.74, 6) is 0.109. The van der Waals surface area contributed by atoms with Crippen molar-refractivity contribution in [3.8, 4) is 0 Å². The Balaban J connectivity index is 1.76. The fourth-order valence-electron chi connectivity index (χ4n) is 3.37. The lowest BCUT2D eigenvalue weighted by molar-refractivity contribution is -0.134. The van der Waals surface area contributed by atoms with Crippen molar-refractivity contribution in [2.45, 2.75) is 38.5 Å². The van der Waals surface area contributed by atoms with Gasteiger partial charge in [0.05, 0.1) is 0 Å². The van der Waals surface area contributed by atoms with Crippen molar-refractivity contribution < 1.29 is 9.59 Å². The normalized spacial score (nSPS) is 18.8. The summed E-state index contributed by atoms with van der Waals surface area (Å²) in [5, 5.41) is 0. The van der Waals surface area contributed by atoms with Gasteiger partial charge in [0.15, 0.2) is 0 Å². The van der Waals surface area contributed by atoms with Gasteiger partial charge in [-0.15, -0.1) is 0 Å². The van der Waals surface area contributed by atoms with E-state index in [1.54, 1.807) is 9.80 Å². The van der Waals surface area contributed by atoms with Crippen LogP contribution in [-0.2, 0) is 16.0 Å². The van der Waals surface area contributed by atoms with Crippen LogP contribution in [0.5, 0.6) is 0 Å². The Hall–Kier alpha value is -2.04. The number of nitrogens with two attached hydrogens (primary N) is 1. The average Bonchev–Trinajstić information content (AvgIpc) is 2.72. The zero-order valence-corrected chi connectivity index (χ0v) is 12.9. The van der Waals surface area contributed by atoms with Crippen molar-refractivity contribution in [1.82, 2.24) is 4.90 Å². The zero-order chi connectivity index (χ0) is 15.5. The maximum Gasteiger partial charge on any atom is 0.246 e. The molecule has 2 heterocycles. The van der Waals surface area contributed by atoms with Crippen molar-refractivity contribution in [3.63, 3.8) is 0 Å². The third-order valence-electron chi connectivity index (χ3n) is 4.59. The van der Waals surface area contributed by atoms with Crippen molar-refractivity contribution >= 4 is 23.2 Å². The summed E-state index contributed by atoms with van der Waals surface area (Å²) in [6.45, 7) is 1.59. The van der Waals surface area contributed by atoms with Crippen LogP contribution < -0.4 is 10.6 Å². The minimum absolute atomic E-state index is 0.00167. The molecule has 5 heteroatoms. The summed E-state index contributed by atoms with van der Waals surface area (Å²) in [6.07, 6.45) is 5.39. The van der Waals surface area contributed by atoms with Gasteiger partial charge in [-0.05, 0) is 43.4 Å². The van der Waals surface area contributed by atoms with Crippen LogP contribution in [0.15, 0.2) is 18.2 Å². The summed E-state index contributed by atoms with van der Waals surface area (Å²) in [7, 11) is 0. The third kappa shape index (κ3) is 2.93. The highest BCUT2D eigenvalue weighted by molar-refractivity contribution is 5.98. The van der Waals surface area contributed by atoms with Gasteiger partial charge in [0.25, 0.3) is 0 Å². The number of nitrogens with zero attached hydrogens (tertiary/aromatic N) is 2. The number of likely N-dealkylation sites (tertiary alicyclic amines) is 1. The Morgan fingerprint density at radius 2 is 1.95 bits per heavy atom. The predicted octanol–water partition coefficient (Wildman–Crippen LogP) is 1.95. The summed E-state index contributed by atoms with van der Waals surface area (Å²) < 4.78 is 0. The van der Waals surface area contributed by atoms with E-state index in [2.05, 4.69) is 0 Å². The SMILES string of the molecule is Nc1cccc2c1CCCN2C(=O)CN1CCCCCC1=O. The number of rotatable bonds is 2. The number of hydrogen-bond donors (Lipinski definition) is 1. The number of hydrogen-bond acceptors (Lipinski definition) is 3. The smallest absolute Gasteiger partial charge is 0.246 e. The van der Waals surface area contributed by atoms with Crippen LogP contribution in [0.1, 0.15) is 37.7 Å². The highest BCUT2D eigenvalue weighted by Crippen LogP contribution is 2.31. The van der Waals surface area contributed by atoms with Gasteiger partial charge in [-0.2, -0.15) is 0 Å². The molecule has 118 valence electrons. The van der Waals surface area contributed by atoms with E-state index >= 15 is 0 Å². The van der Waals surface area contributed by atoms with Crippen LogP contribution in [0.25, 0.3) is 0 Å². The molecule has 0 saturated carbocycles. The standard InChI is InChI=1S/C17H23N3O2/c18-14-7-4-8-15-13(14)6-5-11-20(15)17(22)12-19-10-3-1-2-9-16(19)21/h4,7-8H,1-3,5-6,9-12,18H2. The maximum absolute atomic E-state index is 12.7. The van der Waals surface area contributed by atoms with Gasteiger partial charge in [0.2, 0.25) is 11.8 Å². The number of carbonyl (C=O) groups excluding carboxylic acids is 2. The molecule has 1 saturated heterocycles. The second-order valence-electron chi connectivity index (χ2n) is 6.12. The van der Waals surface area contributed by atoms with Gasteiger partial charge in [0.1, 0.15) is 6.54 Å². The van der Waals surface area contributed by atoms with Gasteiger partial charge in [-0.25, -0.2) is 0 Å². The molecule has 0 unspecified atom stereocenters. The van der Waals surface area contributed by atoms with Crippen molar-refractivity contribution in [2.75, 3.05) is 30.3 Å². The second kappa shape index (κ2) is 6.38. The van der Waals surface area contributed by atoms with E-state index in [9.17, 15) is 9.59 Å². The number of carbonyl (C=O) groups is 2. The average molecular weight is 301 g/mol. The lowest BCUT2D eigenvalue weighted by Gasteiger charge is -2.32. The first-order valence-corrected chi connectivity index (χ1v) is 8.12. The van der Waals surface area contributed by atoms with Crippen LogP contribution in [0.4, 0.5) is 11.4 Å². The molecule has 0 radical (unpaired) electrons. The fraction of sp³-hybridized carbons (Fsp3) is 0.529. The summed E-state index contributed by atoms with van der Waals surface area (Å²) in [5.41, 5.74) is 8.75. The van der Waals surface area contributed by atoms with Gasteiger partial charge < -0.3 is 15.5 Å². The Kier molecular flexibility index (Phi) is 4.32. The summed E-state index contributed by atoms with van der Waals surface area (Å²) in [4.78, 5) is 28.3. The number of nitrogen functional groups attached to an aromatic ring is 1. The molecular formula is C17H23N3O2. The van der Waals surface area contributed by atoms with Gasteiger partial charge in [0, 0.05) is 30.9 Å². The van der Waals surface area contributed by atoms with Gasteiger partial charge in [-0.3, -0.25) is 9.59 Å². The van der Waals surface area contributed by atoms with Crippen LogP contribution in [0, 0.1) is 0 Å². The maximum atomic E-state index is 12.7. The van der Waals surface area contributed by atoms with Gasteiger partial charge >= 0.3 is 0 Å².